The number of fused-ring (bicyclic) bond motifs is 1. The van der Waals surface area contributed by atoms with Crippen molar-refractivity contribution in [3.05, 3.63) is 89.2 Å². The van der Waals surface area contributed by atoms with E-state index in [1.54, 1.807) is 20.4 Å². The molecule has 1 aromatic heterocycles. The molecular formula is C27H30N4O4. The lowest BCUT2D eigenvalue weighted by Gasteiger charge is -2.38. The van der Waals surface area contributed by atoms with E-state index in [0.29, 0.717) is 31.0 Å². The number of urea groups is 1. The zero-order valence-electron chi connectivity index (χ0n) is 20.0. The Morgan fingerprint density at radius 3 is 2.46 bits per heavy atom. The molecule has 0 fully saturated rings. The Kier molecular flexibility index (Phi) is 7.82. The topological polar surface area (TPSA) is 92.8 Å². The number of ether oxygens (including phenoxy) is 2. The van der Waals surface area contributed by atoms with E-state index in [2.05, 4.69) is 15.6 Å². The quantitative estimate of drug-likeness (QED) is 0.522. The number of benzene rings is 2. The Bertz CT molecular complexity index is 1150. The minimum atomic E-state index is -0.280. The Labute approximate surface area is 205 Å². The van der Waals surface area contributed by atoms with Crippen LogP contribution in [-0.2, 0) is 17.8 Å². The normalized spacial score (nSPS) is 14.6. The van der Waals surface area contributed by atoms with Gasteiger partial charge in [-0.1, -0.05) is 36.4 Å². The molecule has 0 radical (unpaired) electrons. The number of carbonyl (C=O) groups is 2. The van der Waals surface area contributed by atoms with Gasteiger partial charge < -0.3 is 25.0 Å². The van der Waals surface area contributed by atoms with Gasteiger partial charge in [-0.15, -0.1) is 0 Å². The van der Waals surface area contributed by atoms with Crippen molar-refractivity contribution >= 4 is 11.9 Å². The molecule has 2 heterocycles. The highest BCUT2D eigenvalue weighted by atomic mass is 16.5. The van der Waals surface area contributed by atoms with Crippen molar-refractivity contribution in [1.82, 2.24) is 20.5 Å². The van der Waals surface area contributed by atoms with Crippen LogP contribution >= 0.6 is 0 Å². The van der Waals surface area contributed by atoms with E-state index < -0.39 is 0 Å². The highest BCUT2D eigenvalue weighted by molar-refractivity contribution is 5.79. The van der Waals surface area contributed by atoms with Gasteiger partial charge in [-0.3, -0.25) is 9.78 Å². The summed E-state index contributed by atoms with van der Waals surface area (Å²) in [5.74, 6) is 1.16. The van der Waals surface area contributed by atoms with Gasteiger partial charge in [-0.05, 0) is 47.4 Å². The van der Waals surface area contributed by atoms with Crippen LogP contribution in [0.15, 0.2) is 66.9 Å². The minimum absolute atomic E-state index is 0.142. The van der Waals surface area contributed by atoms with Crippen LogP contribution in [-0.4, -0.2) is 49.1 Å². The summed E-state index contributed by atoms with van der Waals surface area (Å²) in [7, 11) is 3.22. The number of hydrogen-bond acceptors (Lipinski definition) is 5. The van der Waals surface area contributed by atoms with E-state index in [0.717, 1.165) is 22.4 Å². The highest BCUT2D eigenvalue weighted by Gasteiger charge is 2.33. The van der Waals surface area contributed by atoms with Gasteiger partial charge in [0.25, 0.3) is 0 Å². The smallest absolute Gasteiger partial charge is 0.318 e. The summed E-state index contributed by atoms with van der Waals surface area (Å²) in [6.45, 7) is 1.14. The molecule has 4 rings (SSSR count). The van der Waals surface area contributed by atoms with Gasteiger partial charge in [-0.2, -0.15) is 0 Å². The average molecular weight is 475 g/mol. The first-order valence-electron chi connectivity index (χ1n) is 11.6. The van der Waals surface area contributed by atoms with Gasteiger partial charge in [0, 0.05) is 25.7 Å². The van der Waals surface area contributed by atoms with Gasteiger partial charge >= 0.3 is 6.03 Å². The SMILES string of the molecule is COc1cc2c(cc1OC)[C@@H](c1ccccc1)N(C(=O)NCCC(=O)NCc1ccccn1)CC2. The summed E-state index contributed by atoms with van der Waals surface area (Å²) in [5.41, 5.74) is 3.91. The molecule has 182 valence electrons. The van der Waals surface area contributed by atoms with Crippen molar-refractivity contribution in [2.24, 2.45) is 0 Å². The van der Waals surface area contributed by atoms with Crippen LogP contribution in [0.1, 0.15) is 34.8 Å². The first kappa shape index (κ1) is 24.1. The molecular weight excluding hydrogens is 444 g/mol. The molecule has 0 unspecified atom stereocenters. The number of nitrogens with zero attached hydrogens (tertiary/aromatic N) is 2. The monoisotopic (exact) mass is 474 g/mol. The molecule has 0 saturated heterocycles. The van der Waals surface area contributed by atoms with Crippen LogP contribution in [0.3, 0.4) is 0 Å². The Hall–Kier alpha value is -4.07. The minimum Gasteiger partial charge on any atom is -0.493 e. The molecule has 0 saturated carbocycles. The second-order valence-corrected chi connectivity index (χ2v) is 8.24. The molecule has 3 amide bonds. The fourth-order valence-electron chi connectivity index (χ4n) is 4.32. The summed E-state index contributed by atoms with van der Waals surface area (Å²) in [6, 6.07) is 18.9. The van der Waals surface area contributed by atoms with Crippen LogP contribution in [0, 0.1) is 0 Å². The number of amides is 3. The molecule has 1 aliphatic heterocycles. The molecule has 1 aliphatic rings. The highest BCUT2D eigenvalue weighted by Crippen LogP contribution is 2.40. The number of rotatable bonds is 8. The van der Waals surface area contributed by atoms with Crippen molar-refractivity contribution in [2.75, 3.05) is 27.3 Å². The summed E-state index contributed by atoms with van der Waals surface area (Å²) in [6.07, 6.45) is 2.56. The molecule has 0 spiro atoms. The van der Waals surface area contributed by atoms with Crippen molar-refractivity contribution in [3.8, 4) is 11.5 Å². The molecule has 8 nitrogen and oxygen atoms in total. The fourth-order valence-corrected chi connectivity index (χ4v) is 4.32. The molecule has 8 heteroatoms. The van der Waals surface area contributed by atoms with Crippen molar-refractivity contribution < 1.29 is 19.1 Å². The van der Waals surface area contributed by atoms with Gasteiger partial charge in [0.05, 0.1) is 32.5 Å². The second kappa shape index (κ2) is 11.4. The molecule has 0 bridgehead atoms. The molecule has 2 aromatic carbocycles. The number of methoxy groups -OCH3 is 2. The van der Waals surface area contributed by atoms with Crippen LogP contribution in [0.4, 0.5) is 4.79 Å². The van der Waals surface area contributed by atoms with Crippen molar-refractivity contribution in [1.29, 1.82) is 0 Å². The number of pyridine rings is 1. The number of aromatic nitrogens is 1. The first-order chi connectivity index (χ1) is 17.1. The molecule has 2 N–H and O–H groups in total. The maximum Gasteiger partial charge on any atom is 0.318 e. The van der Waals surface area contributed by atoms with E-state index in [9.17, 15) is 9.59 Å². The Balaban J connectivity index is 1.45. The summed E-state index contributed by atoms with van der Waals surface area (Å²) in [4.78, 5) is 31.5. The van der Waals surface area contributed by atoms with E-state index in [4.69, 9.17) is 9.47 Å². The number of carbonyl (C=O) groups excluding carboxylic acids is 2. The van der Waals surface area contributed by atoms with Gasteiger partial charge in [0.2, 0.25) is 5.91 Å². The third-order valence-electron chi connectivity index (χ3n) is 6.07. The van der Waals surface area contributed by atoms with E-state index in [1.807, 2.05) is 65.6 Å². The Morgan fingerprint density at radius 1 is 1.00 bits per heavy atom. The van der Waals surface area contributed by atoms with Gasteiger partial charge in [-0.25, -0.2) is 4.79 Å². The summed E-state index contributed by atoms with van der Waals surface area (Å²) >= 11 is 0. The molecule has 3 aromatic rings. The lowest BCUT2D eigenvalue weighted by molar-refractivity contribution is -0.121. The largest absolute Gasteiger partial charge is 0.493 e. The van der Waals surface area contributed by atoms with Crippen LogP contribution in [0.5, 0.6) is 11.5 Å². The lowest BCUT2D eigenvalue weighted by Crippen LogP contribution is -2.46. The second-order valence-electron chi connectivity index (χ2n) is 8.24. The van der Waals surface area contributed by atoms with Crippen LogP contribution in [0.25, 0.3) is 0 Å². The first-order valence-corrected chi connectivity index (χ1v) is 11.6. The standard InChI is InChI=1S/C27H30N4O4/c1-34-23-16-20-12-15-31(26(19-8-4-3-5-9-19)22(20)17-24(23)35-2)27(33)29-14-11-25(32)30-18-21-10-6-7-13-28-21/h3-10,13,16-17,26H,11-12,14-15,18H2,1-2H3,(H,29,33)(H,30,32)/t26-/m1/s1. The van der Waals surface area contributed by atoms with Crippen molar-refractivity contribution in [3.63, 3.8) is 0 Å². The fraction of sp³-hybridized carbons (Fsp3) is 0.296. The summed E-state index contributed by atoms with van der Waals surface area (Å²) in [5, 5.41) is 5.75. The molecule has 35 heavy (non-hydrogen) atoms. The van der Waals surface area contributed by atoms with Gasteiger partial charge in [0.1, 0.15) is 0 Å². The predicted octanol–water partition coefficient (Wildman–Crippen LogP) is 3.46. The zero-order chi connectivity index (χ0) is 24.6. The van der Waals surface area contributed by atoms with Crippen molar-refractivity contribution in [2.45, 2.75) is 25.4 Å². The maximum atomic E-state index is 13.2. The van der Waals surface area contributed by atoms with E-state index >= 15 is 0 Å². The van der Waals surface area contributed by atoms with Crippen LogP contribution < -0.4 is 20.1 Å². The molecule has 0 aliphatic carbocycles. The van der Waals surface area contributed by atoms with Crippen LogP contribution in [0.2, 0.25) is 0 Å². The number of nitrogens with one attached hydrogen (secondary N) is 2. The Morgan fingerprint density at radius 2 is 1.74 bits per heavy atom. The van der Waals surface area contributed by atoms with E-state index in [-0.39, 0.29) is 30.9 Å². The molecule has 1 atom stereocenters. The lowest BCUT2D eigenvalue weighted by atomic mass is 9.88. The zero-order valence-corrected chi connectivity index (χ0v) is 20.0. The third kappa shape index (κ3) is 5.71. The number of hydrogen-bond donors (Lipinski definition) is 2. The van der Waals surface area contributed by atoms with E-state index in [1.165, 1.54) is 0 Å². The summed E-state index contributed by atoms with van der Waals surface area (Å²) < 4.78 is 11.0. The maximum absolute atomic E-state index is 13.2. The predicted molar refractivity (Wildman–Crippen MR) is 132 cm³/mol. The average Bonchev–Trinajstić information content (AvgIpc) is 2.91. The third-order valence-corrected chi connectivity index (χ3v) is 6.07. The van der Waals surface area contributed by atoms with Gasteiger partial charge in [0.15, 0.2) is 11.5 Å².